The fourth-order valence-electron chi connectivity index (χ4n) is 1.55. The minimum Gasteiger partial charge on any atom is -0.424 e. The third-order valence-corrected chi connectivity index (χ3v) is 3.08. The minimum absolute atomic E-state index is 0.0420. The third kappa shape index (κ3) is 4.76. The van der Waals surface area contributed by atoms with Gasteiger partial charge in [0.25, 0.3) is 0 Å². The Bertz CT molecular complexity index is 528. The van der Waals surface area contributed by atoms with Gasteiger partial charge in [-0.15, -0.1) is 10.2 Å². The molecule has 19 heavy (non-hydrogen) atoms. The summed E-state index contributed by atoms with van der Waals surface area (Å²) in [6, 6.07) is 8.10. The minimum atomic E-state index is 0.0420. The maximum Gasteiger partial charge on any atom is 0.230 e. The summed E-state index contributed by atoms with van der Waals surface area (Å²) in [7, 11) is 0. The Balaban J connectivity index is 1.95. The van der Waals surface area contributed by atoms with Crippen molar-refractivity contribution in [2.75, 3.05) is 0 Å². The zero-order valence-electron chi connectivity index (χ0n) is 11.4. The molecule has 0 fully saturated rings. The summed E-state index contributed by atoms with van der Waals surface area (Å²) in [5, 5.41) is 11.4. The first kappa shape index (κ1) is 14.2. The molecule has 1 aromatic carbocycles. The van der Waals surface area contributed by atoms with Crippen LogP contribution in [-0.2, 0) is 13.0 Å². The van der Waals surface area contributed by atoms with Gasteiger partial charge in [-0.2, -0.15) is 0 Å². The van der Waals surface area contributed by atoms with E-state index in [9.17, 15) is 0 Å². The molecule has 0 bridgehead atoms. The Morgan fingerprint density at radius 2 is 1.74 bits per heavy atom. The molecule has 0 aliphatic heterocycles. The molecule has 0 atom stereocenters. The van der Waals surface area contributed by atoms with Crippen molar-refractivity contribution in [3.05, 3.63) is 46.1 Å². The molecule has 0 spiro atoms. The van der Waals surface area contributed by atoms with Crippen LogP contribution in [0, 0.1) is 0 Å². The molecule has 1 aromatic heterocycles. The highest BCUT2D eigenvalue weighted by Crippen LogP contribution is 2.14. The fraction of sp³-hybridized carbons (Fsp3) is 0.429. The summed E-state index contributed by atoms with van der Waals surface area (Å²) in [4.78, 5) is 0. The number of rotatable bonds is 4. The molecule has 0 saturated carbocycles. The van der Waals surface area contributed by atoms with Gasteiger partial charge in [-0.3, -0.25) is 0 Å². The summed E-state index contributed by atoms with van der Waals surface area (Å²) < 4.78 is 6.68. The highest BCUT2D eigenvalue weighted by atomic mass is 79.9. The monoisotopic (exact) mass is 323 g/mol. The van der Waals surface area contributed by atoms with Gasteiger partial charge >= 0.3 is 0 Å². The molecule has 2 aromatic rings. The fourth-order valence-corrected chi connectivity index (χ4v) is 1.81. The van der Waals surface area contributed by atoms with E-state index >= 15 is 0 Å². The molecule has 0 radical (unpaired) electrons. The third-order valence-electron chi connectivity index (χ3n) is 2.55. The number of halogens is 1. The van der Waals surface area contributed by atoms with Crippen LogP contribution in [0.1, 0.15) is 38.1 Å². The molecular formula is C14H18BrN3O. The second-order valence-electron chi connectivity index (χ2n) is 5.50. The smallest absolute Gasteiger partial charge is 0.230 e. The average Bonchev–Trinajstić information content (AvgIpc) is 2.77. The molecule has 0 aliphatic carbocycles. The molecule has 0 aliphatic rings. The van der Waals surface area contributed by atoms with Gasteiger partial charge in [0.2, 0.25) is 11.8 Å². The topological polar surface area (TPSA) is 51.0 Å². The normalized spacial score (nSPS) is 11.8. The first-order valence-corrected chi connectivity index (χ1v) is 7.02. The Kier molecular flexibility index (Phi) is 4.37. The van der Waals surface area contributed by atoms with Gasteiger partial charge in [-0.05, 0) is 38.5 Å². The predicted octanol–water partition coefficient (Wildman–Crippen LogP) is 3.31. The lowest BCUT2D eigenvalue weighted by Gasteiger charge is -2.18. The number of nitrogens with one attached hydrogen (secondary N) is 1. The van der Waals surface area contributed by atoms with Crippen LogP contribution in [0.25, 0.3) is 0 Å². The van der Waals surface area contributed by atoms with Crippen molar-refractivity contribution in [1.82, 2.24) is 15.5 Å². The van der Waals surface area contributed by atoms with Crippen molar-refractivity contribution in [3.63, 3.8) is 0 Å². The second kappa shape index (κ2) is 5.84. The molecule has 4 nitrogen and oxygen atoms in total. The Morgan fingerprint density at radius 3 is 2.37 bits per heavy atom. The molecule has 0 amide bonds. The number of aromatic nitrogens is 2. The van der Waals surface area contributed by atoms with Crippen LogP contribution in [0.15, 0.2) is 33.2 Å². The van der Waals surface area contributed by atoms with E-state index in [1.54, 1.807) is 0 Å². The molecule has 0 saturated heterocycles. The highest BCUT2D eigenvalue weighted by Gasteiger charge is 2.12. The SMILES string of the molecule is CC(C)(C)NCc1nnc(Cc2ccc(Br)cc2)o1. The lowest BCUT2D eigenvalue weighted by molar-refractivity contribution is 0.373. The van der Waals surface area contributed by atoms with Crippen LogP contribution in [0.4, 0.5) is 0 Å². The molecule has 5 heteroatoms. The molecule has 0 unspecified atom stereocenters. The van der Waals surface area contributed by atoms with E-state index in [1.165, 1.54) is 0 Å². The van der Waals surface area contributed by atoms with Crippen LogP contribution in [-0.4, -0.2) is 15.7 Å². The van der Waals surface area contributed by atoms with Gasteiger partial charge < -0.3 is 9.73 Å². The van der Waals surface area contributed by atoms with E-state index in [0.717, 1.165) is 10.0 Å². The predicted molar refractivity (Wildman–Crippen MR) is 77.8 cm³/mol. The van der Waals surface area contributed by atoms with Crippen LogP contribution in [0.2, 0.25) is 0 Å². The average molecular weight is 324 g/mol. The van der Waals surface area contributed by atoms with Gasteiger partial charge in [0.05, 0.1) is 13.0 Å². The van der Waals surface area contributed by atoms with E-state index in [-0.39, 0.29) is 5.54 Å². The van der Waals surface area contributed by atoms with Crippen LogP contribution < -0.4 is 5.32 Å². The van der Waals surface area contributed by atoms with E-state index in [2.05, 4.69) is 52.2 Å². The van der Waals surface area contributed by atoms with Crippen LogP contribution in [0.3, 0.4) is 0 Å². The first-order valence-electron chi connectivity index (χ1n) is 6.23. The van der Waals surface area contributed by atoms with E-state index < -0.39 is 0 Å². The van der Waals surface area contributed by atoms with Crippen molar-refractivity contribution >= 4 is 15.9 Å². The van der Waals surface area contributed by atoms with Crippen LogP contribution >= 0.6 is 15.9 Å². The largest absolute Gasteiger partial charge is 0.424 e. The zero-order chi connectivity index (χ0) is 13.9. The summed E-state index contributed by atoms with van der Waals surface area (Å²) in [5.41, 5.74) is 1.20. The summed E-state index contributed by atoms with van der Waals surface area (Å²) in [6.07, 6.45) is 0.662. The van der Waals surface area contributed by atoms with E-state index in [0.29, 0.717) is 24.7 Å². The molecule has 2 rings (SSSR count). The Hall–Kier alpha value is -1.20. The van der Waals surface area contributed by atoms with Crippen molar-refractivity contribution in [3.8, 4) is 0 Å². The van der Waals surface area contributed by atoms with Gasteiger partial charge in [0, 0.05) is 10.0 Å². The van der Waals surface area contributed by atoms with Crippen molar-refractivity contribution in [2.45, 2.75) is 39.3 Å². The van der Waals surface area contributed by atoms with Crippen molar-refractivity contribution in [1.29, 1.82) is 0 Å². The van der Waals surface area contributed by atoms with E-state index in [4.69, 9.17) is 4.42 Å². The molecule has 102 valence electrons. The summed E-state index contributed by atoms with van der Waals surface area (Å²) >= 11 is 3.41. The van der Waals surface area contributed by atoms with Gasteiger partial charge in [0.1, 0.15) is 0 Å². The quantitative estimate of drug-likeness (QED) is 0.937. The van der Waals surface area contributed by atoms with Crippen LogP contribution in [0.5, 0.6) is 0 Å². The lowest BCUT2D eigenvalue weighted by atomic mass is 10.1. The zero-order valence-corrected chi connectivity index (χ0v) is 13.0. The van der Waals surface area contributed by atoms with Crippen molar-refractivity contribution < 1.29 is 4.42 Å². The standard InChI is InChI=1S/C14H18BrN3O/c1-14(2,3)16-9-13-18-17-12(19-13)8-10-4-6-11(15)7-5-10/h4-7,16H,8-9H2,1-3H3. The number of hydrogen-bond acceptors (Lipinski definition) is 4. The highest BCUT2D eigenvalue weighted by molar-refractivity contribution is 9.10. The molecule has 1 heterocycles. The number of hydrogen-bond donors (Lipinski definition) is 1. The molecule has 1 N–H and O–H groups in total. The van der Waals surface area contributed by atoms with Gasteiger partial charge in [-0.1, -0.05) is 28.1 Å². The summed E-state index contributed by atoms with van der Waals surface area (Å²) in [6.45, 7) is 6.90. The Morgan fingerprint density at radius 1 is 1.11 bits per heavy atom. The van der Waals surface area contributed by atoms with Crippen molar-refractivity contribution in [2.24, 2.45) is 0 Å². The summed E-state index contributed by atoms with van der Waals surface area (Å²) in [5.74, 6) is 1.27. The second-order valence-corrected chi connectivity index (χ2v) is 6.41. The van der Waals surface area contributed by atoms with Gasteiger partial charge in [-0.25, -0.2) is 0 Å². The maximum atomic E-state index is 5.62. The van der Waals surface area contributed by atoms with Gasteiger partial charge in [0.15, 0.2) is 0 Å². The number of nitrogens with zero attached hydrogens (tertiary/aromatic N) is 2. The lowest BCUT2D eigenvalue weighted by Crippen LogP contribution is -2.35. The number of benzene rings is 1. The molecular weight excluding hydrogens is 306 g/mol. The first-order chi connectivity index (χ1) is 8.92. The Labute approximate surface area is 121 Å². The van der Waals surface area contributed by atoms with E-state index in [1.807, 2.05) is 24.3 Å². The maximum absolute atomic E-state index is 5.62.